The summed E-state index contributed by atoms with van der Waals surface area (Å²) in [6, 6.07) is 5.78. The number of aromatic nitrogens is 3. The van der Waals surface area contributed by atoms with E-state index in [0.717, 1.165) is 24.3 Å². The van der Waals surface area contributed by atoms with Gasteiger partial charge in [0.15, 0.2) is 5.65 Å². The number of carbonyl (C=O) groups is 2. The Morgan fingerprint density at radius 3 is 3.04 bits per heavy atom. The van der Waals surface area contributed by atoms with Crippen molar-refractivity contribution >= 4 is 17.5 Å². The molecule has 3 heterocycles. The van der Waals surface area contributed by atoms with Gasteiger partial charge in [-0.1, -0.05) is 6.07 Å². The first-order valence-electron chi connectivity index (χ1n) is 8.03. The number of nitrogens with zero attached hydrogens (tertiary/aromatic N) is 4. The van der Waals surface area contributed by atoms with Gasteiger partial charge in [0.2, 0.25) is 11.8 Å². The number of hydrogen-bond acceptors (Lipinski definition) is 4. The van der Waals surface area contributed by atoms with E-state index in [1.807, 2.05) is 35.7 Å². The Balaban J connectivity index is 1.45. The predicted octanol–water partition coefficient (Wildman–Crippen LogP) is 0.646. The first kappa shape index (κ1) is 15.5. The lowest BCUT2D eigenvalue weighted by Crippen LogP contribution is -2.33. The van der Waals surface area contributed by atoms with Crippen molar-refractivity contribution in [2.75, 3.05) is 19.6 Å². The Labute approximate surface area is 134 Å². The van der Waals surface area contributed by atoms with Gasteiger partial charge in [0.1, 0.15) is 5.82 Å². The molecule has 2 aromatic heterocycles. The summed E-state index contributed by atoms with van der Waals surface area (Å²) in [4.78, 5) is 25.5. The minimum atomic E-state index is -0.212. The van der Waals surface area contributed by atoms with Crippen LogP contribution in [0.25, 0.3) is 5.65 Å². The van der Waals surface area contributed by atoms with E-state index >= 15 is 0 Å². The summed E-state index contributed by atoms with van der Waals surface area (Å²) >= 11 is 0. The molecule has 1 aliphatic rings. The van der Waals surface area contributed by atoms with E-state index in [4.69, 9.17) is 0 Å². The zero-order valence-electron chi connectivity index (χ0n) is 13.2. The van der Waals surface area contributed by atoms with E-state index < -0.39 is 0 Å². The summed E-state index contributed by atoms with van der Waals surface area (Å²) in [5, 5.41) is 11.2. The molecule has 122 valence electrons. The number of rotatable bonds is 6. The van der Waals surface area contributed by atoms with Gasteiger partial charge >= 0.3 is 0 Å². The molecule has 0 unspecified atom stereocenters. The molecule has 0 aliphatic carbocycles. The highest BCUT2D eigenvalue weighted by atomic mass is 16.2. The number of fused-ring (bicyclic) bond motifs is 1. The fourth-order valence-electron chi connectivity index (χ4n) is 2.92. The molecule has 0 spiro atoms. The second-order valence-corrected chi connectivity index (χ2v) is 5.77. The average molecular weight is 315 g/mol. The maximum atomic E-state index is 12.1. The molecule has 1 saturated heterocycles. The van der Waals surface area contributed by atoms with Crippen LogP contribution in [0.1, 0.15) is 25.6 Å². The molecule has 0 aromatic carbocycles. The van der Waals surface area contributed by atoms with Crippen LogP contribution in [0.4, 0.5) is 0 Å². The molecule has 0 radical (unpaired) electrons. The van der Waals surface area contributed by atoms with E-state index in [1.165, 1.54) is 0 Å². The van der Waals surface area contributed by atoms with Gasteiger partial charge in [-0.2, -0.15) is 0 Å². The number of nitrogens with one attached hydrogen (secondary N) is 1. The lowest BCUT2D eigenvalue weighted by molar-refractivity contribution is -0.128. The van der Waals surface area contributed by atoms with Crippen molar-refractivity contribution < 1.29 is 9.59 Å². The predicted molar refractivity (Wildman–Crippen MR) is 84.7 cm³/mol. The van der Waals surface area contributed by atoms with Crippen molar-refractivity contribution in [2.45, 2.75) is 26.2 Å². The third kappa shape index (κ3) is 3.33. The first-order chi connectivity index (χ1) is 11.2. The van der Waals surface area contributed by atoms with Gasteiger partial charge < -0.3 is 10.2 Å². The van der Waals surface area contributed by atoms with E-state index in [2.05, 4.69) is 15.5 Å². The SMILES string of the molecule is CCN1C[C@@H](C(=O)NCCCc2nnc3ccccn23)CC1=O. The summed E-state index contributed by atoms with van der Waals surface area (Å²) in [5.41, 5.74) is 0.829. The number of carbonyl (C=O) groups excluding carboxylic acids is 2. The summed E-state index contributed by atoms with van der Waals surface area (Å²) in [6.45, 7) is 3.72. The Morgan fingerprint density at radius 2 is 2.26 bits per heavy atom. The number of amides is 2. The van der Waals surface area contributed by atoms with Gasteiger partial charge in [0.05, 0.1) is 5.92 Å². The van der Waals surface area contributed by atoms with Gasteiger partial charge in [-0.15, -0.1) is 10.2 Å². The second kappa shape index (κ2) is 6.76. The fourth-order valence-corrected chi connectivity index (χ4v) is 2.92. The van der Waals surface area contributed by atoms with Crippen LogP contribution in [0.2, 0.25) is 0 Å². The zero-order valence-corrected chi connectivity index (χ0v) is 13.2. The largest absolute Gasteiger partial charge is 0.356 e. The Bertz CT molecular complexity index is 711. The smallest absolute Gasteiger partial charge is 0.225 e. The minimum absolute atomic E-state index is 0.0274. The summed E-state index contributed by atoms with van der Waals surface area (Å²) in [6.07, 6.45) is 3.80. The average Bonchev–Trinajstić information content (AvgIpc) is 3.15. The van der Waals surface area contributed by atoms with Crippen molar-refractivity contribution in [3.63, 3.8) is 0 Å². The molecule has 1 fully saturated rings. The standard InChI is InChI=1S/C16H21N5O2/c1-2-20-11-12(10-15(20)22)16(23)17-8-5-7-14-19-18-13-6-3-4-9-21(13)14/h3-4,6,9,12H,2,5,7-8,10-11H2,1H3,(H,17,23)/t12-/m0/s1. The third-order valence-corrected chi connectivity index (χ3v) is 4.23. The van der Waals surface area contributed by atoms with Crippen LogP contribution < -0.4 is 5.32 Å². The molecule has 1 atom stereocenters. The zero-order chi connectivity index (χ0) is 16.2. The highest BCUT2D eigenvalue weighted by molar-refractivity contribution is 5.89. The monoisotopic (exact) mass is 315 g/mol. The molecule has 7 heteroatoms. The molecule has 2 amide bonds. The topological polar surface area (TPSA) is 79.6 Å². The lowest BCUT2D eigenvalue weighted by Gasteiger charge is -2.13. The van der Waals surface area contributed by atoms with Crippen LogP contribution in [0.3, 0.4) is 0 Å². The van der Waals surface area contributed by atoms with E-state index in [1.54, 1.807) is 4.90 Å². The van der Waals surface area contributed by atoms with E-state index in [-0.39, 0.29) is 17.7 Å². The highest BCUT2D eigenvalue weighted by Gasteiger charge is 2.32. The van der Waals surface area contributed by atoms with Crippen LogP contribution in [0.5, 0.6) is 0 Å². The number of pyridine rings is 1. The molecule has 7 nitrogen and oxygen atoms in total. The van der Waals surface area contributed by atoms with Crippen LogP contribution in [-0.4, -0.2) is 50.9 Å². The Kier molecular flexibility index (Phi) is 4.55. The van der Waals surface area contributed by atoms with Crippen LogP contribution in [0, 0.1) is 5.92 Å². The van der Waals surface area contributed by atoms with Crippen molar-refractivity contribution in [3.8, 4) is 0 Å². The van der Waals surface area contributed by atoms with E-state index in [9.17, 15) is 9.59 Å². The van der Waals surface area contributed by atoms with Gasteiger partial charge in [0.25, 0.3) is 0 Å². The molecule has 2 aromatic rings. The normalized spacial score (nSPS) is 17.9. The van der Waals surface area contributed by atoms with E-state index in [0.29, 0.717) is 26.1 Å². The summed E-state index contributed by atoms with van der Waals surface area (Å²) in [7, 11) is 0. The fraction of sp³-hybridized carbons (Fsp3) is 0.500. The molecular formula is C16H21N5O2. The maximum absolute atomic E-state index is 12.1. The van der Waals surface area contributed by atoms with Crippen molar-refractivity contribution in [3.05, 3.63) is 30.2 Å². The third-order valence-electron chi connectivity index (χ3n) is 4.23. The van der Waals surface area contributed by atoms with Gasteiger partial charge in [-0.3, -0.25) is 14.0 Å². The molecule has 1 N–H and O–H groups in total. The van der Waals surface area contributed by atoms with Crippen molar-refractivity contribution in [1.29, 1.82) is 0 Å². The van der Waals surface area contributed by atoms with Crippen LogP contribution in [-0.2, 0) is 16.0 Å². The lowest BCUT2D eigenvalue weighted by atomic mass is 10.1. The molecule has 0 bridgehead atoms. The van der Waals surface area contributed by atoms with Gasteiger partial charge in [-0.25, -0.2) is 0 Å². The molecule has 1 aliphatic heterocycles. The molecular weight excluding hydrogens is 294 g/mol. The minimum Gasteiger partial charge on any atom is -0.356 e. The molecule has 3 rings (SSSR count). The van der Waals surface area contributed by atoms with Gasteiger partial charge in [0, 0.05) is 38.7 Å². The van der Waals surface area contributed by atoms with Crippen molar-refractivity contribution in [1.82, 2.24) is 24.8 Å². The molecule has 23 heavy (non-hydrogen) atoms. The maximum Gasteiger partial charge on any atom is 0.225 e. The van der Waals surface area contributed by atoms with Crippen LogP contribution in [0.15, 0.2) is 24.4 Å². The Morgan fingerprint density at radius 1 is 1.39 bits per heavy atom. The summed E-state index contributed by atoms with van der Waals surface area (Å²) in [5.74, 6) is 0.724. The number of likely N-dealkylation sites (tertiary alicyclic amines) is 1. The first-order valence-corrected chi connectivity index (χ1v) is 8.03. The summed E-state index contributed by atoms with van der Waals surface area (Å²) < 4.78 is 1.95. The van der Waals surface area contributed by atoms with Crippen LogP contribution >= 0.6 is 0 Å². The number of aryl methyl sites for hydroxylation is 1. The Hall–Kier alpha value is -2.44. The molecule has 0 saturated carbocycles. The van der Waals surface area contributed by atoms with Crippen molar-refractivity contribution in [2.24, 2.45) is 5.92 Å². The highest BCUT2D eigenvalue weighted by Crippen LogP contribution is 2.17. The van der Waals surface area contributed by atoms with Gasteiger partial charge in [-0.05, 0) is 25.5 Å². The number of hydrogen-bond donors (Lipinski definition) is 1. The second-order valence-electron chi connectivity index (χ2n) is 5.77. The quantitative estimate of drug-likeness (QED) is 0.794.